The summed E-state index contributed by atoms with van der Waals surface area (Å²) in [4.78, 5) is 8.18. The molecular formula is C10H15ClN4. The first-order chi connectivity index (χ1) is 7.34. The first-order valence-electron chi connectivity index (χ1n) is 5.28. The number of hydrogen-bond donors (Lipinski definition) is 2. The Bertz CT molecular complexity index is 312. The van der Waals surface area contributed by atoms with Crippen molar-refractivity contribution >= 4 is 17.5 Å². The van der Waals surface area contributed by atoms with Gasteiger partial charge in [0.15, 0.2) is 0 Å². The molecule has 0 aliphatic carbocycles. The van der Waals surface area contributed by atoms with Crippen LogP contribution in [-0.2, 0) is 0 Å². The van der Waals surface area contributed by atoms with Gasteiger partial charge in [-0.2, -0.15) is 0 Å². The Balaban J connectivity index is 1.81. The lowest BCUT2D eigenvalue weighted by Gasteiger charge is -2.22. The second-order valence-corrected chi connectivity index (χ2v) is 4.18. The number of anilines is 1. The predicted octanol–water partition coefficient (Wildman–Crippen LogP) is 1.54. The summed E-state index contributed by atoms with van der Waals surface area (Å²) < 4.78 is 0. The minimum absolute atomic E-state index is 0.481. The lowest BCUT2D eigenvalue weighted by molar-refractivity contribution is 0.392. The summed E-state index contributed by atoms with van der Waals surface area (Å²) in [5.41, 5.74) is 0. The molecule has 1 atom stereocenters. The number of nitrogens with one attached hydrogen (secondary N) is 2. The van der Waals surface area contributed by atoms with Gasteiger partial charge in [-0.3, -0.25) is 0 Å². The minimum Gasteiger partial charge on any atom is -0.354 e. The van der Waals surface area contributed by atoms with Gasteiger partial charge in [-0.15, -0.1) is 0 Å². The first-order valence-corrected chi connectivity index (χ1v) is 5.65. The van der Waals surface area contributed by atoms with Gasteiger partial charge < -0.3 is 10.6 Å². The van der Waals surface area contributed by atoms with Crippen molar-refractivity contribution in [3.8, 4) is 0 Å². The van der Waals surface area contributed by atoms with Crippen LogP contribution in [0.3, 0.4) is 0 Å². The molecule has 4 nitrogen and oxygen atoms in total. The SMILES string of the molecule is Clc1ccnc(NC[C@@H]2CCCNC2)n1. The molecule has 0 aromatic carbocycles. The molecule has 0 bridgehead atoms. The Morgan fingerprint density at radius 3 is 3.27 bits per heavy atom. The molecule has 1 aromatic rings. The van der Waals surface area contributed by atoms with E-state index in [0.717, 1.165) is 19.6 Å². The molecule has 1 fully saturated rings. The van der Waals surface area contributed by atoms with Gasteiger partial charge in [0.2, 0.25) is 5.95 Å². The number of halogens is 1. The summed E-state index contributed by atoms with van der Waals surface area (Å²) in [6.07, 6.45) is 4.18. The van der Waals surface area contributed by atoms with Crippen molar-refractivity contribution < 1.29 is 0 Å². The maximum Gasteiger partial charge on any atom is 0.224 e. The van der Waals surface area contributed by atoms with Crippen LogP contribution in [0.5, 0.6) is 0 Å². The smallest absolute Gasteiger partial charge is 0.224 e. The van der Waals surface area contributed by atoms with Crippen molar-refractivity contribution in [2.45, 2.75) is 12.8 Å². The molecule has 1 aliphatic rings. The van der Waals surface area contributed by atoms with E-state index in [1.165, 1.54) is 12.8 Å². The summed E-state index contributed by atoms with van der Waals surface area (Å²) in [6, 6.07) is 1.68. The quantitative estimate of drug-likeness (QED) is 0.768. The van der Waals surface area contributed by atoms with E-state index in [9.17, 15) is 0 Å². The third kappa shape index (κ3) is 3.32. The third-order valence-electron chi connectivity index (χ3n) is 2.57. The highest BCUT2D eigenvalue weighted by atomic mass is 35.5. The number of nitrogens with zero attached hydrogens (tertiary/aromatic N) is 2. The fourth-order valence-corrected chi connectivity index (χ4v) is 1.89. The lowest BCUT2D eigenvalue weighted by atomic mass is 10.00. The van der Waals surface area contributed by atoms with Crippen LogP contribution in [0.4, 0.5) is 5.95 Å². The Morgan fingerprint density at radius 1 is 1.60 bits per heavy atom. The van der Waals surface area contributed by atoms with Gasteiger partial charge in [0, 0.05) is 12.7 Å². The molecule has 0 amide bonds. The second-order valence-electron chi connectivity index (χ2n) is 3.80. The molecule has 1 saturated heterocycles. The zero-order valence-electron chi connectivity index (χ0n) is 8.54. The van der Waals surface area contributed by atoms with Crippen LogP contribution in [-0.4, -0.2) is 29.6 Å². The van der Waals surface area contributed by atoms with E-state index in [1.807, 2.05) is 0 Å². The van der Waals surface area contributed by atoms with Gasteiger partial charge in [0.1, 0.15) is 5.15 Å². The monoisotopic (exact) mass is 226 g/mol. The molecule has 2 N–H and O–H groups in total. The van der Waals surface area contributed by atoms with Crippen molar-refractivity contribution in [3.63, 3.8) is 0 Å². The topological polar surface area (TPSA) is 49.8 Å². The molecule has 5 heteroatoms. The minimum atomic E-state index is 0.481. The molecular weight excluding hydrogens is 212 g/mol. The zero-order valence-corrected chi connectivity index (χ0v) is 9.30. The molecule has 82 valence electrons. The fourth-order valence-electron chi connectivity index (χ4n) is 1.76. The highest BCUT2D eigenvalue weighted by Gasteiger charge is 2.12. The molecule has 1 aromatic heterocycles. The van der Waals surface area contributed by atoms with Crippen molar-refractivity contribution in [2.24, 2.45) is 5.92 Å². The van der Waals surface area contributed by atoms with Crippen LogP contribution in [0.15, 0.2) is 12.3 Å². The molecule has 0 spiro atoms. The number of rotatable bonds is 3. The van der Waals surface area contributed by atoms with Gasteiger partial charge in [-0.25, -0.2) is 9.97 Å². The van der Waals surface area contributed by atoms with Gasteiger partial charge in [0.25, 0.3) is 0 Å². The average Bonchev–Trinajstić information content (AvgIpc) is 2.28. The summed E-state index contributed by atoms with van der Waals surface area (Å²) in [6.45, 7) is 3.13. The normalized spacial score (nSPS) is 21.3. The van der Waals surface area contributed by atoms with Crippen LogP contribution >= 0.6 is 11.6 Å². The van der Waals surface area contributed by atoms with Crippen molar-refractivity contribution in [1.82, 2.24) is 15.3 Å². The predicted molar refractivity (Wildman–Crippen MR) is 61.1 cm³/mol. The second kappa shape index (κ2) is 5.28. The zero-order chi connectivity index (χ0) is 10.5. The summed E-state index contributed by atoms with van der Waals surface area (Å²) in [5.74, 6) is 1.29. The Labute approximate surface area is 94.5 Å². The Kier molecular flexibility index (Phi) is 3.75. The van der Waals surface area contributed by atoms with Crippen LogP contribution in [0, 0.1) is 5.92 Å². The van der Waals surface area contributed by atoms with E-state index >= 15 is 0 Å². The van der Waals surface area contributed by atoms with Gasteiger partial charge in [-0.1, -0.05) is 11.6 Å². The first kappa shape index (κ1) is 10.6. The summed E-state index contributed by atoms with van der Waals surface area (Å²) in [7, 11) is 0. The number of piperidine rings is 1. The fraction of sp³-hybridized carbons (Fsp3) is 0.600. The summed E-state index contributed by atoms with van der Waals surface area (Å²) in [5, 5.41) is 7.06. The third-order valence-corrected chi connectivity index (χ3v) is 2.78. The van der Waals surface area contributed by atoms with E-state index < -0.39 is 0 Å². The standard InChI is InChI=1S/C10H15ClN4/c11-9-3-5-13-10(15-9)14-7-8-2-1-4-12-6-8/h3,5,8,12H,1-2,4,6-7H2,(H,13,14,15)/t8-/m1/s1. The number of aromatic nitrogens is 2. The molecule has 0 saturated carbocycles. The molecule has 2 heterocycles. The van der Waals surface area contributed by atoms with E-state index in [0.29, 0.717) is 17.0 Å². The maximum atomic E-state index is 5.76. The number of hydrogen-bond acceptors (Lipinski definition) is 4. The van der Waals surface area contributed by atoms with Crippen molar-refractivity contribution in [2.75, 3.05) is 25.0 Å². The van der Waals surface area contributed by atoms with Gasteiger partial charge >= 0.3 is 0 Å². The van der Waals surface area contributed by atoms with Crippen LogP contribution in [0.2, 0.25) is 5.15 Å². The molecule has 15 heavy (non-hydrogen) atoms. The Morgan fingerprint density at radius 2 is 2.53 bits per heavy atom. The molecule has 1 aliphatic heterocycles. The average molecular weight is 227 g/mol. The van der Waals surface area contributed by atoms with Crippen LogP contribution in [0.1, 0.15) is 12.8 Å². The van der Waals surface area contributed by atoms with Crippen molar-refractivity contribution in [1.29, 1.82) is 0 Å². The van der Waals surface area contributed by atoms with Gasteiger partial charge in [0.05, 0.1) is 0 Å². The molecule has 0 radical (unpaired) electrons. The van der Waals surface area contributed by atoms with E-state index in [4.69, 9.17) is 11.6 Å². The lowest BCUT2D eigenvalue weighted by Crippen LogP contribution is -2.33. The van der Waals surface area contributed by atoms with E-state index in [-0.39, 0.29) is 0 Å². The van der Waals surface area contributed by atoms with Crippen LogP contribution < -0.4 is 10.6 Å². The Hall–Kier alpha value is -0.870. The highest BCUT2D eigenvalue weighted by molar-refractivity contribution is 6.29. The molecule has 2 rings (SSSR count). The van der Waals surface area contributed by atoms with Crippen molar-refractivity contribution in [3.05, 3.63) is 17.4 Å². The van der Waals surface area contributed by atoms with E-state index in [2.05, 4.69) is 20.6 Å². The highest BCUT2D eigenvalue weighted by Crippen LogP contribution is 2.11. The maximum absolute atomic E-state index is 5.76. The molecule has 0 unspecified atom stereocenters. The van der Waals surface area contributed by atoms with Crippen LogP contribution in [0.25, 0.3) is 0 Å². The summed E-state index contributed by atoms with van der Waals surface area (Å²) >= 11 is 5.76. The van der Waals surface area contributed by atoms with Gasteiger partial charge in [-0.05, 0) is 37.9 Å². The largest absolute Gasteiger partial charge is 0.354 e. The van der Waals surface area contributed by atoms with E-state index in [1.54, 1.807) is 12.3 Å².